The maximum Gasteiger partial charge on any atom is 0.397 e. The molecule has 6 nitrogen and oxygen atoms in total. The van der Waals surface area contributed by atoms with Crippen LogP contribution in [0.4, 0.5) is 0 Å². The summed E-state index contributed by atoms with van der Waals surface area (Å²) in [6, 6.07) is 0. The van der Waals surface area contributed by atoms with Gasteiger partial charge in [0.2, 0.25) is 0 Å². The van der Waals surface area contributed by atoms with E-state index in [4.69, 9.17) is 8.74 Å². The molecule has 0 aliphatic heterocycles. The van der Waals surface area contributed by atoms with E-state index in [9.17, 15) is 13.2 Å². The zero-order valence-electron chi connectivity index (χ0n) is 16.5. The van der Waals surface area contributed by atoms with Crippen molar-refractivity contribution in [3.63, 3.8) is 0 Å². The van der Waals surface area contributed by atoms with Gasteiger partial charge < -0.3 is 5.48 Å². The molecule has 4 aliphatic carbocycles. The van der Waals surface area contributed by atoms with Crippen molar-refractivity contribution in [2.24, 2.45) is 28.6 Å². The van der Waals surface area contributed by atoms with Crippen molar-refractivity contribution in [1.29, 1.82) is 0 Å². The molecule has 0 amide bonds. The fourth-order valence-electron chi connectivity index (χ4n) is 6.65. The first-order valence-corrected chi connectivity index (χ1v) is 10.9. The number of allylic oxidation sites excluding steroid dienone is 1. The third-order valence-corrected chi connectivity index (χ3v) is 8.54. The molecular formula is C19H30NaO6S. The van der Waals surface area contributed by atoms with E-state index in [0.29, 0.717) is 36.4 Å². The number of carbonyl (C=O) groups is 1. The van der Waals surface area contributed by atoms with Gasteiger partial charge in [0.15, 0.2) is 0 Å². The van der Waals surface area contributed by atoms with E-state index in [0.717, 1.165) is 38.5 Å². The SMILES string of the molecule is C[C@]12CC[C@H](OS(=O)(=O)O)CC1=CC[C@@H]1[C@@H]2CC[C@]2(C)C(=O)CC[C@@H]12.O.[Na]. The van der Waals surface area contributed by atoms with Crippen LogP contribution in [0.5, 0.6) is 0 Å². The second-order valence-corrected chi connectivity index (χ2v) is 10.1. The van der Waals surface area contributed by atoms with Crippen molar-refractivity contribution >= 4 is 45.7 Å². The van der Waals surface area contributed by atoms with Gasteiger partial charge in [0.1, 0.15) is 5.78 Å². The number of rotatable bonds is 2. The Morgan fingerprint density at radius 2 is 1.74 bits per heavy atom. The van der Waals surface area contributed by atoms with Gasteiger partial charge in [-0.1, -0.05) is 25.5 Å². The van der Waals surface area contributed by atoms with E-state index >= 15 is 0 Å². The molecule has 8 heteroatoms. The Bertz CT molecular complexity index is 734. The standard InChI is InChI=1S/C19H28O5S.Na.H2O/c1-18-9-7-13(24-25(21,22)23)11-12(18)3-4-14-15-5-6-17(20)19(15,2)10-8-16(14)18;;/h3,13-16H,4-11H2,1-2H3,(H,21,22,23);;1H2/t13-,14-,15-,16-,18-,19-;;/m0../s1. The molecule has 0 heterocycles. The molecule has 3 N–H and O–H groups in total. The van der Waals surface area contributed by atoms with Gasteiger partial charge in [0.25, 0.3) is 0 Å². The van der Waals surface area contributed by atoms with Crippen LogP contribution in [0.15, 0.2) is 11.6 Å². The average Bonchev–Trinajstić information content (AvgIpc) is 2.82. The second-order valence-electron chi connectivity index (χ2n) is 9.07. The molecule has 0 saturated heterocycles. The maximum atomic E-state index is 12.4. The van der Waals surface area contributed by atoms with Crippen LogP contribution in [-0.2, 0) is 19.4 Å². The van der Waals surface area contributed by atoms with E-state index in [2.05, 4.69) is 19.9 Å². The number of fused-ring (bicyclic) bond motifs is 5. The summed E-state index contributed by atoms with van der Waals surface area (Å²) in [6.45, 7) is 4.50. The van der Waals surface area contributed by atoms with E-state index in [1.54, 1.807) is 0 Å². The van der Waals surface area contributed by atoms with Crippen molar-refractivity contribution in [2.45, 2.75) is 71.3 Å². The van der Waals surface area contributed by atoms with Crippen LogP contribution < -0.4 is 0 Å². The summed E-state index contributed by atoms with van der Waals surface area (Å²) in [5, 5.41) is 0. The van der Waals surface area contributed by atoms with Gasteiger partial charge in [-0.15, -0.1) is 0 Å². The third kappa shape index (κ3) is 3.86. The molecule has 4 aliphatic rings. The van der Waals surface area contributed by atoms with Gasteiger partial charge in [-0.25, -0.2) is 4.18 Å². The van der Waals surface area contributed by atoms with Crippen molar-refractivity contribution in [2.75, 3.05) is 0 Å². The normalized spacial score (nSPS) is 43.4. The van der Waals surface area contributed by atoms with Crippen LogP contribution >= 0.6 is 0 Å². The van der Waals surface area contributed by atoms with Crippen LogP contribution in [0.3, 0.4) is 0 Å². The Hall–Kier alpha value is 0.240. The largest absolute Gasteiger partial charge is 0.412 e. The summed E-state index contributed by atoms with van der Waals surface area (Å²) in [5.74, 6) is 2.10. The summed E-state index contributed by atoms with van der Waals surface area (Å²) in [5.41, 5.74) is 1.25. The van der Waals surface area contributed by atoms with Crippen LogP contribution in [0.2, 0.25) is 0 Å². The van der Waals surface area contributed by atoms with E-state index in [-0.39, 0.29) is 45.9 Å². The molecule has 3 fully saturated rings. The molecule has 0 aromatic carbocycles. The Morgan fingerprint density at radius 1 is 1.11 bits per heavy atom. The molecule has 0 unspecified atom stereocenters. The minimum absolute atomic E-state index is 0. The Kier molecular flexibility index (Phi) is 6.81. The zero-order valence-corrected chi connectivity index (χ0v) is 19.3. The van der Waals surface area contributed by atoms with Crippen molar-refractivity contribution in [1.82, 2.24) is 0 Å². The molecule has 0 bridgehead atoms. The minimum Gasteiger partial charge on any atom is -0.412 e. The van der Waals surface area contributed by atoms with Gasteiger partial charge in [-0.05, 0) is 68.1 Å². The van der Waals surface area contributed by atoms with Crippen LogP contribution in [0.1, 0.15) is 65.2 Å². The van der Waals surface area contributed by atoms with Crippen LogP contribution in [0, 0.1) is 28.6 Å². The Balaban J connectivity index is 0.00000131. The summed E-state index contributed by atoms with van der Waals surface area (Å²) < 4.78 is 35.9. The monoisotopic (exact) mass is 409 g/mol. The molecule has 0 aromatic rings. The van der Waals surface area contributed by atoms with Crippen molar-refractivity contribution < 1.29 is 27.4 Å². The fourth-order valence-corrected chi connectivity index (χ4v) is 7.16. The molecular weight excluding hydrogens is 379 g/mol. The fraction of sp³-hybridized carbons (Fsp3) is 0.842. The molecule has 149 valence electrons. The number of hydrogen-bond acceptors (Lipinski definition) is 4. The molecule has 4 rings (SSSR count). The second kappa shape index (κ2) is 7.82. The quantitative estimate of drug-likeness (QED) is 0.428. The Labute approximate surface area is 184 Å². The molecule has 6 atom stereocenters. The van der Waals surface area contributed by atoms with Crippen molar-refractivity contribution in [3.05, 3.63) is 11.6 Å². The van der Waals surface area contributed by atoms with E-state index in [1.165, 1.54) is 5.57 Å². The predicted octanol–water partition coefficient (Wildman–Crippen LogP) is 2.50. The smallest absolute Gasteiger partial charge is 0.397 e. The van der Waals surface area contributed by atoms with Crippen LogP contribution in [0.25, 0.3) is 0 Å². The number of Topliss-reactive ketones (excluding diaryl/α,β-unsaturated/α-hetero) is 1. The predicted molar refractivity (Wildman–Crippen MR) is 102 cm³/mol. The van der Waals surface area contributed by atoms with Gasteiger partial charge in [-0.2, -0.15) is 8.42 Å². The van der Waals surface area contributed by atoms with Gasteiger partial charge >= 0.3 is 10.4 Å². The Morgan fingerprint density at radius 3 is 2.41 bits per heavy atom. The van der Waals surface area contributed by atoms with Gasteiger partial charge in [0, 0.05) is 41.4 Å². The summed E-state index contributed by atoms with van der Waals surface area (Å²) in [6.07, 6.45) is 8.79. The number of carbonyl (C=O) groups excluding carboxylic acids is 1. The molecule has 0 aromatic heterocycles. The average molecular weight is 410 g/mol. The first-order valence-electron chi connectivity index (χ1n) is 9.52. The third-order valence-electron chi connectivity index (χ3n) is 8.03. The van der Waals surface area contributed by atoms with Crippen LogP contribution in [-0.4, -0.2) is 59.9 Å². The van der Waals surface area contributed by atoms with E-state index in [1.807, 2.05) is 0 Å². The summed E-state index contributed by atoms with van der Waals surface area (Å²) in [4.78, 5) is 12.4. The number of ketones is 1. The zero-order chi connectivity index (χ0) is 18.0. The van der Waals surface area contributed by atoms with Gasteiger partial charge in [0.05, 0.1) is 6.10 Å². The first kappa shape index (κ1) is 23.5. The molecule has 3 saturated carbocycles. The van der Waals surface area contributed by atoms with Crippen molar-refractivity contribution in [3.8, 4) is 0 Å². The summed E-state index contributed by atoms with van der Waals surface area (Å²) in [7, 11) is -4.40. The number of hydrogen-bond donors (Lipinski definition) is 1. The molecule has 1 radical (unpaired) electrons. The van der Waals surface area contributed by atoms with Gasteiger partial charge in [-0.3, -0.25) is 9.35 Å². The summed E-state index contributed by atoms with van der Waals surface area (Å²) >= 11 is 0. The maximum absolute atomic E-state index is 12.4. The minimum atomic E-state index is -4.40. The molecule has 27 heavy (non-hydrogen) atoms. The first-order chi connectivity index (χ1) is 11.6. The molecule has 0 spiro atoms. The van der Waals surface area contributed by atoms with E-state index < -0.39 is 16.5 Å². The topological polar surface area (TPSA) is 112 Å².